The van der Waals surface area contributed by atoms with E-state index < -0.39 is 18.2 Å². The van der Waals surface area contributed by atoms with Crippen LogP contribution in [-0.2, 0) is 4.74 Å². The normalized spacial score (nSPS) is 17.5. The van der Waals surface area contributed by atoms with Gasteiger partial charge in [0.05, 0.1) is 6.61 Å². The van der Waals surface area contributed by atoms with Crippen molar-refractivity contribution < 1.29 is 23.0 Å². The molecule has 0 saturated carbocycles. The Labute approximate surface area is 69.3 Å². The minimum atomic E-state index is -3.75. The Kier molecular flexibility index (Phi) is 4.55. The zero-order valence-electron chi connectivity index (χ0n) is 7.06. The van der Waals surface area contributed by atoms with Crippen LogP contribution in [0.1, 0.15) is 13.8 Å². The monoisotopic (exact) mass is 186 g/mol. The summed E-state index contributed by atoms with van der Waals surface area (Å²) in [6.07, 6.45) is -6.08. The van der Waals surface area contributed by atoms with Crippen LogP contribution in [0.25, 0.3) is 0 Å². The summed E-state index contributed by atoms with van der Waals surface area (Å²) >= 11 is 0. The summed E-state index contributed by atoms with van der Waals surface area (Å²) in [6.45, 7) is 1.65. The second kappa shape index (κ2) is 4.67. The second-order valence-electron chi connectivity index (χ2n) is 2.78. The molecule has 0 radical (unpaired) electrons. The van der Waals surface area contributed by atoms with Crippen molar-refractivity contribution in [3.05, 3.63) is 0 Å². The molecule has 74 valence electrons. The van der Waals surface area contributed by atoms with Crippen molar-refractivity contribution in [1.29, 1.82) is 0 Å². The minimum absolute atomic E-state index is 0.253. The van der Waals surface area contributed by atoms with Gasteiger partial charge in [0, 0.05) is 12.5 Å². The SMILES string of the molecule is CC(CO)COC(F)(F)C(C)F. The van der Waals surface area contributed by atoms with Crippen LogP contribution in [0, 0.1) is 5.92 Å². The first-order valence-electron chi connectivity index (χ1n) is 3.67. The summed E-state index contributed by atoms with van der Waals surface area (Å²) in [5.74, 6) is -0.408. The van der Waals surface area contributed by atoms with Crippen molar-refractivity contribution in [2.24, 2.45) is 5.92 Å². The Hall–Kier alpha value is -0.290. The molecule has 0 fully saturated rings. The first kappa shape index (κ1) is 11.7. The molecule has 0 aliphatic rings. The van der Waals surface area contributed by atoms with Crippen molar-refractivity contribution in [2.45, 2.75) is 26.1 Å². The van der Waals surface area contributed by atoms with E-state index in [4.69, 9.17) is 5.11 Å². The van der Waals surface area contributed by atoms with Gasteiger partial charge in [-0.15, -0.1) is 0 Å². The number of rotatable bonds is 5. The molecule has 0 amide bonds. The van der Waals surface area contributed by atoms with Gasteiger partial charge < -0.3 is 9.84 Å². The highest BCUT2D eigenvalue weighted by Gasteiger charge is 2.38. The fraction of sp³-hybridized carbons (Fsp3) is 1.00. The van der Waals surface area contributed by atoms with Gasteiger partial charge >= 0.3 is 6.11 Å². The first-order valence-corrected chi connectivity index (χ1v) is 3.67. The molecule has 0 aliphatic heterocycles. The zero-order valence-corrected chi connectivity index (χ0v) is 7.06. The van der Waals surface area contributed by atoms with Crippen LogP contribution in [0.2, 0.25) is 0 Å². The lowest BCUT2D eigenvalue weighted by molar-refractivity contribution is -0.274. The Morgan fingerprint density at radius 3 is 2.25 bits per heavy atom. The summed E-state index contributed by atoms with van der Waals surface area (Å²) in [6, 6.07) is 0. The summed E-state index contributed by atoms with van der Waals surface area (Å²) < 4.78 is 40.8. The maximum Gasteiger partial charge on any atom is 0.386 e. The smallest absolute Gasteiger partial charge is 0.386 e. The van der Waals surface area contributed by atoms with E-state index in [9.17, 15) is 13.2 Å². The molecule has 12 heavy (non-hydrogen) atoms. The van der Waals surface area contributed by atoms with Crippen LogP contribution in [0.15, 0.2) is 0 Å². The third-order valence-electron chi connectivity index (χ3n) is 1.34. The van der Waals surface area contributed by atoms with Crippen LogP contribution in [0.3, 0.4) is 0 Å². The van der Waals surface area contributed by atoms with Crippen LogP contribution < -0.4 is 0 Å². The van der Waals surface area contributed by atoms with E-state index in [1.54, 1.807) is 0 Å². The molecule has 2 unspecified atom stereocenters. The van der Waals surface area contributed by atoms with Gasteiger partial charge in [0.15, 0.2) is 6.17 Å². The highest BCUT2D eigenvalue weighted by Crippen LogP contribution is 2.23. The minimum Gasteiger partial charge on any atom is -0.396 e. The predicted octanol–water partition coefficient (Wildman–Crippen LogP) is 1.58. The Morgan fingerprint density at radius 1 is 1.42 bits per heavy atom. The number of aliphatic hydroxyl groups is 1. The van der Waals surface area contributed by atoms with Crippen molar-refractivity contribution in [2.75, 3.05) is 13.2 Å². The van der Waals surface area contributed by atoms with E-state index in [1.165, 1.54) is 6.92 Å². The fourth-order valence-electron chi connectivity index (χ4n) is 0.421. The average Bonchev–Trinajstić information content (AvgIpc) is 2.00. The van der Waals surface area contributed by atoms with Gasteiger partial charge in [0.25, 0.3) is 0 Å². The lowest BCUT2D eigenvalue weighted by Crippen LogP contribution is -2.33. The van der Waals surface area contributed by atoms with E-state index in [0.29, 0.717) is 0 Å². The van der Waals surface area contributed by atoms with Crippen molar-refractivity contribution >= 4 is 0 Å². The Balaban J connectivity index is 3.75. The van der Waals surface area contributed by atoms with Gasteiger partial charge in [-0.05, 0) is 6.92 Å². The summed E-state index contributed by atoms with van der Waals surface area (Å²) in [5, 5.41) is 8.45. The molecular weight excluding hydrogens is 173 g/mol. The molecule has 0 aromatic rings. The van der Waals surface area contributed by atoms with Crippen LogP contribution in [0.4, 0.5) is 13.2 Å². The van der Waals surface area contributed by atoms with Crippen LogP contribution in [-0.4, -0.2) is 30.6 Å². The predicted molar refractivity (Wildman–Crippen MR) is 37.7 cm³/mol. The molecule has 0 aromatic carbocycles. The largest absolute Gasteiger partial charge is 0.396 e. The van der Waals surface area contributed by atoms with Gasteiger partial charge in [-0.25, -0.2) is 4.39 Å². The number of hydrogen-bond acceptors (Lipinski definition) is 2. The number of alkyl halides is 3. The summed E-state index contributed by atoms with van der Waals surface area (Å²) in [4.78, 5) is 0. The average molecular weight is 186 g/mol. The Morgan fingerprint density at radius 2 is 1.92 bits per heavy atom. The maximum atomic E-state index is 12.4. The van der Waals surface area contributed by atoms with Crippen molar-refractivity contribution in [3.8, 4) is 0 Å². The van der Waals surface area contributed by atoms with Gasteiger partial charge in [-0.2, -0.15) is 8.78 Å². The van der Waals surface area contributed by atoms with Crippen molar-refractivity contribution in [1.82, 2.24) is 0 Å². The molecule has 0 heterocycles. The molecule has 0 bridgehead atoms. The lowest BCUT2D eigenvalue weighted by Gasteiger charge is -2.19. The molecule has 2 atom stereocenters. The van der Waals surface area contributed by atoms with Gasteiger partial charge in [-0.3, -0.25) is 0 Å². The van der Waals surface area contributed by atoms with Gasteiger partial charge in [0.1, 0.15) is 0 Å². The molecular formula is C7H13F3O2. The molecule has 0 spiro atoms. The highest BCUT2D eigenvalue weighted by molar-refractivity contribution is 4.61. The first-order chi connectivity index (χ1) is 5.40. The lowest BCUT2D eigenvalue weighted by atomic mass is 10.2. The molecule has 0 rings (SSSR count). The number of hydrogen-bond donors (Lipinski definition) is 1. The molecule has 0 aliphatic carbocycles. The van der Waals surface area contributed by atoms with E-state index in [-0.39, 0.29) is 13.2 Å². The third kappa shape index (κ3) is 3.92. The number of ether oxygens (including phenoxy) is 1. The molecule has 5 heteroatoms. The fourth-order valence-corrected chi connectivity index (χ4v) is 0.421. The highest BCUT2D eigenvalue weighted by atomic mass is 19.3. The number of aliphatic hydroxyl groups excluding tert-OH is 1. The third-order valence-corrected chi connectivity index (χ3v) is 1.34. The second-order valence-corrected chi connectivity index (χ2v) is 2.78. The molecule has 0 saturated heterocycles. The molecule has 2 nitrogen and oxygen atoms in total. The topological polar surface area (TPSA) is 29.5 Å². The summed E-state index contributed by atoms with van der Waals surface area (Å²) in [7, 11) is 0. The quantitative estimate of drug-likeness (QED) is 0.706. The Bertz CT molecular complexity index is 128. The zero-order chi connectivity index (χ0) is 9.78. The van der Waals surface area contributed by atoms with E-state index in [2.05, 4.69) is 4.74 Å². The molecule has 1 N–H and O–H groups in total. The summed E-state index contributed by atoms with van der Waals surface area (Å²) in [5.41, 5.74) is 0. The maximum absolute atomic E-state index is 12.4. The van der Waals surface area contributed by atoms with Gasteiger partial charge in [0.2, 0.25) is 0 Å². The van der Waals surface area contributed by atoms with Crippen molar-refractivity contribution in [3.63, 3.8) is 0 Å². The van der Waals surface area contributed by atoms with E-state index in [0.717, 1.165) is 6.92 Å². The van der Waals surface area contributed by atoms with Crippen LogP contribution >= 0.6 is 0 Å². The van der Waals surface area contributed by atoms with E-state index in [1.807, 2.05) is 0 Å². The molecule has 0 aromatic heterocycles. The standard InChI is InChI=1S/C7H13F3O2/c1-5(3-11)4-12-7(9,10)6(2)8/h5-6,11H,3-4H2,1-2H3. The van der Waals surface area contributed by atoms with E-state index >= 15 is 0 Å². The van der Waals surface area contributed by atoms with Crippen LogP contribution in [0.5, 0.6) is 0 Å². The number of halogens is 3. The van der Waals surface area contributed by atoms with Gasteiger partial charge in [-0.1, -0.05) is 6.92 Å².